The Kier molecular flexibility index (Phi) is 5.12. The van der Waals surface area contributed by atoms with E-state index in [1.165, 1.54) is 0 Å². The van der Waals surface area contributed by atoms with Crippen LogP contribution in [-0.2, 0) is 13.1 Å². The molecule has 3 aromatic heterocycles. The molecule has 31 heavy (non-hydrogen) atoms. The number of fused-ring (bicyclic) bond motifs is 1. The third-order valence-corrected chi connectivity index (χ3v) is 5.18. The van der Waals surface area contributed by atoms with Crippen molar-refractivity contribution >= 4 is 11.0 Å². The molecule has 0 spiro atoms. The van der Waals surface area contributed by atoms with E-state index in [9.17, 15) is 4.79 Å². The molecule has 0 radical (unpaired) electrons. The Balaban J connectivity index is 1.57. The van der Waals surface area contributed by atoms with Crippen LogP contribution < -0.4 is 10.9 Å². The van der Waals surface area contributed by atoms with Gasteiger partial charge in [0.2, 0.25) is 0 Å². The molecule has 3 heterocycles. The van der Waals surface area contributed by atoms with E-state index >= 15 is 0 Å². The van der Waals surface area contributed by atoms with Crippen LogP contribution >= 0.6 is 0 Å². The Labute approximate surface area is 179 Å². The van der Waals surface area contributed by atoms with Crippen LogP contribution in [0.15, 0.2) is 96.1 Å². The molecule has 6 heteroatoms. The van der Waals surface area contributed by atoms with Crippen molar-refractivity contribution < 1.29 is 0 Å². The summed E-state index contributed by atoms with van der Waals surface area (Å²) in [5.41, 5.74) is 5.04. The van der Waals surface area contributed by atoms with Gasteiger partial charge in [0.15, 0.2) is 0 Å². The van der Waals surface area contributed by atoms with Crippen molar-refractivity contribution in [2.75, 3.05) is 0 Å². The molecule has 0 bridgehead atoms. The first-order chi connectivity index (χ1) is 15.3. The number of rotatable bonds is 6. The van der Waals surface area contributed by atoms with Crippen molar-refractivity contribution in [1.82, 2.24) is 25.1 Å². The molecule has 0 saturated carbocycles. The lowest BCUT2D eigenvalue weighted by atomic mass is 10.1. The highest BCUT2D eigenvalue weighted by atomic mass is 16.1. The summed E-state index contributed by atoms with van der Waals surface area (Å²) in [5.74, 6) is 0. The number of H-pyrrole nitrogens is 1. The molecule has 5 rings (SSSR count). The minimum atomic E-state index is -0.122. The molecule has 0 fully saturated rings. The van der Waals surface area contributed by atoms with E-state index < -0.39 is 0 Å². The fourth-order valence-electron chi connectivity index (χ4n) is 3.66. The zero-order valence-corrected chi connectivity index (χ0v) is 16.8. The highest BCUT2D eigenvalue weighted by Crippen LogP contribution is 2.28. The maximum absolute atomic E-state index is 12.9. The second-order valence-electron chi connectivity index (χ2n) is 7.31. The van der Waals surface area contributed by atoms with Crippen molar-refractivity contribution in [1.29, 1.82) is 0 Å². The Hall–Kier alpha value is -4.03. The largest absolute Gasteiger partial charge is 0.308 e. The van der Waals surface area contributed by atoms with Gasteiger partial charge in [-0.05, 0) is 29.8 Å². The number of nitrogens with zero attached hydrogens (tertiary/aromatic N) is 3. The van der Waals surface area contributed by atoms with Crippen LogP contribution in [0.1, 0.15) is 11.1 Å². The number of nitrogens with one attached hydrogen (secondary N) is 2. The third-order valence-electron chi connectivity index (χ3n) is 5.18. The highest BCUT2D eigenvalue weighted by molar-refractivity contribution is 5.92. The average molecular weight is 407 g/mol. The van der Waals surface area contributed by atoms with Gasteiger partial charge in [-0.3, -0.25) is 9.78 Å². The zero-order chi connectivity index (χ0) is 21.0. The van der Waals surface area contributed by atoms with E-state index in [0.29, 0.717) is 24.3 Å². The predicted molar refractivity (Wildman–Crippen MR) is 122 cm³/mol. The van der Waals surface area contributed by atoms with Crippen molar-refractivity contribution in [2.24, 2.45) is 0 Å². The smallest absolute Gasteiger partial charge is 0.254 e. The summed E-state index contributed by atoms with van der Waals surface area (Å²) in [7, 11) is 0. The Bertz CT molecular complexity index is 1360. The minimum Gasteiger partial charge on any atom is -0.308 e. The van der Waals surface area contributed by atoms with E-state index in [2.05, 4.69) is 15.3 Å². The maximum atomic E-state index is 12.9. The van der Waals surface area contributed by atoms with E-state index in [0.717, 1.165) is 27.9 Å². The topological polar surface area (TPSA) is 75.6 Å². The molecular formula is C25H21N5O. The van der Waals surface area contributed by atoms with Gasteiger partial charge in [0, 0.05) is 42.0 Å². The van der Waals surface area contributed by atoms with Gasteiger partial charge in [-0.1, -0.05) is 54.6 Å². The quantitative estimate of drug-likeness (QED) is 0.445. The van der Waals surface area contributed by atoms with Crippen molar-refractivity contribution in [3.63, 3.8) is 0 Å². The second kappa shape index (κ2) is 8.38. The summed E-state index contributed by atoms with van der Waals surface area (Å²) in [6.45, 7) is 1.09. The standard InChI is InChI=1S/C25H21N5O/c31-25-20(17-27-16-18-8-7-13-26-15-18)14-22-23(19-9-3-1-4-10-19)29-30(24(22)28-25)21-11-5-2-6-12-21/h1-15,27H,16-17H2,(H,28,31). The minimum absolute atomic E-state index is 0.122. The summed E-state index contributed by atoms with van der Waals surface area (Å²) >= 11 is 0. The van der Waals surface area contributed by atoms with Crippen molar-refractivity contribution in [3.05, 3.63) is 113 Å². The molecule has 0 amide bonds. The van der Waals surface area contributed by atoms with Crippen molar-refractivity contribution in [3.8, 4) is 16.9 Å². The van der Waals surface area contributed by atoms with Crippen LogP contribution in [0.25, 0.3) is 28.0 Å². The number of para-hydroxylation sites is 1. The molecule has 2 aromatic carbocycles. The first-order valence-electron chi connectivity index (χ1n) is 10.1. The molecule has 0 aliphatic carbocycles. The SMILES string of the molecule is O=c1[nH]c2c(cc1CNCc1cccnc1)c(-c1ccccc1)nn2-c1ccccc1. The van der Waals surface area contributed by atoms with Gasteiger partial charge in [0.05, 0.1) is 5.69 Å². The van der Waals surface area contributed by atoms with E-state index in [-0.39, 0.29) is 5.56 Å². The molecule has 2 N–H and O–H groups in total. The van der Waals surface area contributed by atoms with Crippen LogP contribution in [0.3, 0.4) is 0 Å². The molecule has 5 aromatic rings. The zero-order valence-electron chi connectivity index (χ0n) is 16.8. The van der Waals surface area contributed by atoms with Crippen LogP contribution in [0.2, 0.25) is 0 Å². The molecule has 0 aliphatic rings. The predicted octanol–water partition coefficient (Wildman–Crippen LogP) is 4.07. The van der Waals surface area contributed by atoms with Gasteiger partial charge in [-0.15, -0.1) is 0 Å². The molecule has 0 atom stereocenters. The molecule has 0 aliphatic heterocycles. The van der Waals surface area contributed by atoms with E-state index in [4.69, 9.17) is 5.10 Å². The molecule has 0 saturated heterocycles. The Morgan fingerprint density at radius 2 is 1.68 bits per heavy atom. The number of hydrogen-bond acceptors (Lipinski definition) is 4. The van der Waals surface area contributed by atoms with Gasteiger partial charge < -0.3 is 10.3 Å². The normalized spacial score (nSPS) is 11.1. The van der Waals surface area contributed by atoms with Gasteiger partial charge in [0.25, 0.3) is 5.56 Å². The molecule has 6 nitrogen and oxygen atoms in total. The monoisotopic (exact) mass is 407 g/mol. The van der Waals surface area contributed by atoms with Gasteiger partial charge in [-0.25, -0.2) is 4.68 Å². The number of hydrogen-bond donors (Lipinski definition) is 2. The number of pyridine rings is 2. The van der Waals surface area contributed by atoms with Gasteiger partial charge >= 0.3 is 0 Å². The summed E-state index contributed by atoms with van der Waals surface area (Å²) in [5, 5.41) is 9.10. The maximum Gasteiger partial charge on any atom is 0.254 e. The molecule has 152 valence electrons. The number of aromatic amines is 1. The lowest BCUT2D eigenvalue weighted by Crippen LogP contribution is -2.21. The van der Waals surface area contributed by atoms with Gasteiger partial charge in [0.1, 0.15) is 11.3 Å². The lowest BCUT2D eigenvalue weighted by Gasteiger charge is -2.06. The first kappa shape index (κ1) is 19.0. The van der Waals surface area contributed by atoms with Crippen LogP contribution in [-0.4, -0.2) is 19.7 Å². The average Bonchev–Trinajstić information content (AvgIpc) is 3.19. The Morgan fingerprint density at radius 3 is 2.42 bits per heavy atom. The number of aromatic nitrogens is 4. The van der Waals surface area contributed by atoms with E-state index in [1.807, 2.05) is 85.1 Å². The van der Waals surface area contributed by atoms with E-state index in [1.54, 1.807) is 10.9 Å². The second-order valence-corrected chi connectivity index (χ2v) is 7.31. The highest BCUT2D eigenvalue weighted by Gasteiger charge is 2.16. The fourth-order valence-corrected chi connectivity index (χ4v) is 3.66. The summed E-state index contributed by atoms with van der Waals surface area (Å²) < 4.78 is 1.80. The van der Waals surface area contributed by atoms with Gasteiger partial charge in [-0.2, -0.15) is 5.10 Å². The fraction of sp³-hybridized carbons (Fsp3) is 0.0800. The lowest BCUT2D eigenvalue weighted by molar-refractivity contribution is 0.686. The summed E-state index contributed by atoms with van der Waals surface area (Å²) in [4.78, 5) is 20.0. The van der Waals surface area contributed by atoms with Crippen LogP contribution in [0, 0.1) is 0 Å². The Morgan fingerprint density at radius 1 is 0.903 bits per heavy atom. The summed E-state index contributed by atoms with van der Waals surface area (Å²) in [6.07, 6.45) is 3.56. The van der Waals surface area contributed by atoms with Crippen LogP contribution in [0.4, 0.5) is 0 Å². The summed E-state index contributed by atoms with van der Waals surface area (Å²) in [6, 6.07) is 25.7. The molecule has 0 unspecified atom stereocenters. The van der Waals surface area contributed by atoms with Crippen LogP contribution in [0.5, 0.6) is 0 Å². The third kappa shape index (κ3) is 3.89. The first-order valence-corrected chi connectivity index (χ1v) is 10.1. The molecular weight excluding hydrogens is 386 g/mol. The number of benzene rings is 2. The van der Waals surface area contributed by atoms with Crippen molar-refractivity contribution in [2.45, 2.75) is 13.1 Å².